The number of hydrogen-bond acceptors (Lipinski definition) is 1. The first kappa shape index (κ1) is 10.6. The topological polar surface area (TPSA) is 3.24 Å². The number of hydrogen-bond donors (Lipinski definition) is 0. The molecule has 1 fully saturated rings. The number of nitrogens with zero attached hydrogens (tertiary/aromatic N) is 1. The lowest BCUT2D eigenvalue weighted by Crippen LogP contribution is -2.38. The van der Waals surface area contributed by atoms with Crippen molar-refractivity contribution >= 4 is 0 Å². The van der Waals surface area contributed by atoms with Crippen molar-refractivity contribution < 1.29 is 8.78 Å². The molecular formula is C12H15F2N. The average molecular weight is 211 g/mol. The van der Waals surface area contributed by atoms with E-state index >= 15 is 0 Å². The first-order chi connectivity index (χ1) is 7.16. The Morgan fingerprint density at radius 2 is 1.67 bits per heavy atom. The van der Waals surface area contributed by atoms with Crippen LogP contribution in [0.15, 0.2) is 30.3 Å². The van der Waals surface area contributed by atoms with Crippen molar-refractivity contribution in [2.45, 2.75) is 25.3 Å². The van der Waals surface area contributed by atoms with Crippen LogP contribution in [0.5, 0.6) is 0 Å². The average Bonchev–Trinajstić information content (AvgIpc) is 2.23. The molecule has 1 aromatic rings. The Balaban J connectivity index is 1.88. The van der Waals surface area contributed by atoms with Crippen LogP contribution in [0.25, 0.3) is 0 Å². The molecule has 0 atom stereocenters. The minimum atomic E-state index is -2.44. The van der Waals surface area contributed by atoms with Crippen molar-refractivity contribution in [3.63, 3.8) is 0 Å². The molecule has 15 heavy (non-hydrogen) atoms. The molecule has 1 aliphatic rings. The van der Waals surface area contributed by atoms with Gasteiger partial charge in [-0.3, -0.25) is 4.90 Å². The molecule has 0 saturated carbocycles. The summed E-state index contributed by atoms with van der Waals surface area (Å²) in [6, 6.07) is 10.00. The van der Waals surface area contributed by atoms with Crippen LogP contribution in [0, 0.1) is 0 Å². The van der Waals surface area contributed by atoms with Gasteiger partial charge in [-0.25, -0.2) is 8.78 Å². The predicted molar refractivity (Wildman–Crippen MR) is 55.9 cm³/mol. The van der Waals surface area contributed by atoms with Crippen molar-refractivity contribution in [1.82, 2.24) is 4.90 Å². The Labute approximate surface area is 88.7 Å². The van der Waals surface area contributed by atoms with Gasteiger partial charge in [-0.1, -0.05) is 30.3 Å². The highest BCUT2D eigenvalue weighted by Gasteiger charge is 2.33. The van der Waals surface area contributed by atoms with Crippen LogP contribution in [0.1, 0.15) is 18.4 Å². The van der Waals surface area contributed by atoms with Crippen LogP contribution in [0.3, 0.4) is 0 Å². The molecular weight excluding hydrogens is 196 g/mol. The van der Waals surface area contributed by atoms with Crippen LogP contribution in [-0.2, 0) is 6.54 Å². The lowest BCUT2D eigenvalue weighted by Gasteiger charge is -2.31. The highest BCUT2D eigenvalue weighted by Crippen LogP contribution is 2.28. The highest BCUT2D eigenvalue weighted by atomic mass is 19.3. The van der Waals surface area contributed by atoms with E-state index in [-0.39, 0.29) is 12.8 Å². The molecule has 1 aromatic carbocycles. The molecule has 0 N–H and O–H groups in total. The normalized spacial score (nSPS) is 21.5. The smallest absolute Gasteiger partial charge is 0.250 e. The fraction of sp³-hybridized carbons (Fsp3) is 0.500. The zero-order chi connectivity index (χ0) is 10.7. The van der Waals surface area contributed by atoms with Gasteiger partial charge < -0.3 is 0 Å². The minimum Gasteiger partial charge on any atom is -0.299 e. The van der Waals surface area contributed by atoms with E-state index in [1.165, 1.54) is 5.56 Å². The molecule has 1 aliphatic heterocycles. The number of rotatable bonds is 2. The van der Waals surface area contributed by atoms with Crippen molar-refractivity contribution in [3.8, 4) is 0 Å². The SMILES string of the molecule is FC1(F)CCN(Cc2ccccc2)CC1. The van der Waals surface area contributed by atoms with Gasteiger partial charge in [0.25, 0.3) is 5.92 Å². The van der Waals surface area contributed by atoms with Gasteiger partial charge in [0.2, 0.25) is 0 Å². The monoisotopic (exact) mass is 211 g/mol. The van der Waals surface area contributed by atoms with E-state index < -0.39 is 5.92 Å². The van der Waals surface area contributed by atoms with E-state index in [9.17, 15) is 8.78 Å². The van der Waals surface area contributed by atoms with Crippen molar-refractivity contribution in [2.24, 2.45) is 0 Å². The van der Waals surface area contributed by atoms with Gasteiger partial charge in [-0.2, -0.15) is 0 Å². The molecule has 3 heteroatoms. The van der Waals surface area contributed by atoms with Crippen LogP contribution in [0.2, 0.25) is 0 Å². The Hall–Kier alpha value is -0.960. The summed E-state index contributed by atoms with van der Waals surface area (Å²) in [5.74, 6) is -2.44. The molecule has 0 bridgehead atoms. The van der Waals surface area contributed by atoms with E-state index in [2.05, 4.69) is 4.90 Å². The predicted octanol–water partition coefficient (Wildman–Crippen LogP) is 2.92. The standard InChI is InChI=1S/C12H15F2N/c13-12(14)6-8-15(9-7-12)10-11-4-2-1-3-5-11/h1-5H,6-10H2. The Morgan fingerprint density at radius 3 is 2.27 bits per heavy atom. The molecule has 82 valence electrons. The first-order valence-electron chi connectivity index (χ1n) is 5.30. The molecule has 0 aliphatic carbocycles. The second-order valence-electron chi connectivity index (χ2n) is 4.12. The quantitative estimate of drug-likeness (QED) is 0.727. The second-order valence-corrected chi connectivity index (χ2v) is 4.12. The second kappa shape index (κ2) is 4.27. The van der Waals surface area contributed by atoms with Gasteiger partial charge in [-0.15, -0.1) is 0 Å². The van der Waals surface area contributed by atoms with Gasteiger partial charge in [0.05, 0.1) is 0 Å². The summed E-state index contributed by atoms with van der Waals surface area (Å²) in [5, 5.41) is 0. The Morgan fingerprint density at radius 1 is 1.07 bits per heavy atom. The summed E-state index contributed by atoms with van der Waals surface area (Å²) in [4.78, 5) is 2.09. The van der Waals surface area contributed by atoms with Crippen molar-refractivity contribution in [1.29, 1.82) is 0 Å². The van der Waals surface area contributed by atoms with Crippen LogP contribution in [-0.4, -0.2) is 23.9 Å². The van der Waals surface area contributed by atoms with Gasteiger partial charge in [-0.05, 0) is 5.56 Å². The fourth-order valence-electron chi connectivity index (χ4n) is 1.88. The number of likely N-dealkylation sites (tertiary alicyclic amines) is 1. The third-order valence-corrected chi connectivity index (χ3v) is 2.84. The summed E-state index contributed by atoms with van der Waals surface area (Å²) in [6.45, 7) is 1.79. The third kappa shape index (κ3) is 2.99. The fourth-order valence-corrected chi connectivity index (χ4v) is 1.88. The number of piperidine rings is 1. The van der Waals surface area contributed by atoms with E-state index in [0.717, 1.165) is 6.54 Å². The number of alkyl halides is 2. The summed E-state index contributed by atoms with van der Waals surface area (Å²) >= 11 is 0. The van der Waals surface area contributed by atoms with E-state index in [4.69, 9.17) is 0 Å². The lowest BCUT2D eigenvalue weighted by molar-refractivity contribution is -0.0566. The molecule has 0 aromatic heterocycles. The molecule has 0 spiro atoms. The Bertz CT molecular complexity index is 301. The van der Waals surface area contributed by atoms with Crippen molar-refractivity contribution in [3.05, 3.63) is 35.9 Å². The minimum absolute atomic E-state index is 0.000165. The number of halogens is 2. The maximum atomic E-state index is 12.9. The highest BCUT2D eigenvalue weighted by molar-refractivity contribution is 5.14. The molecule has 0 unspecified atom stereocenters. The van der Waals surface area contributed by atoms with E-state index in [0.29, 0.717) is 13.1 Å². The largest absolute Gasteiger partial charge is 0.299 e. The Kier molecular flexibility index (Phi) is 3.00. The van der Waals surface area contributed by atoms with Crippen molar-refractivity contribution in [2.75, 3.05) is 13.1 Å². The molecule has 1 heterocycles. The van der Waals surface area contributed by atoms with E-state index in [1.54, 1.807) is 0 Å². The molecule has 1 nitrogen and oxygen atoms in total. The van der Waals surface area contributed by atoms with E-state index in [1.807, 2.05) is 30.3 Å². The summed E-state index contributed by atoms with van der Waals surface area (Å²) < 4.78 is 25.8. The van der Waals surface area contributed by atoms with Crippen LogP contribution >= 0.6 is 0 Å². The third-order valence-electron chi connectivity index (χ3n) is 2.84. The summed E-state index contributed by atoms with van der Waals surface area (Å²) in [6.07, 6.45) is -0.000330. The zero-order valence-corrected chi connectivity index (χ0v) is 8.63. The maximum absolute atomic E-state index is 12.9. The molecule has 1 saturated heterocycles. The van der Waals surface area contributed by atoms with Crippen LogP contribution in [0.4, 0.5) is 8.78 Å². The molecule has 0 amide bonds. The van der Waals surface area contributed by atoms with Gasteiger partial charge in [0.15, 0.2) is 0 Å². The summed E-state index contributed by atoms with van der Waals surface area (Å²) in [5.41, 5.74) is 1.20. The van der Waals surface area contributed by atoms with Gasteiger partial charge in [0, 0.05) is 32.5 Å². The number of benzene rings is 1. The first-order valence-corrected chi connectivity index (χ1v) is 5.30. The van der Waals surface area contributed by atoms with Gasteiger partial charge in [0.1, 0.15) is 0 Å². The van der Waals surface area contributed by atoms with Gasteiger partial charge >= 0.3 is 0 Å². The van der Waals surface area contributed by atoms with Crippen LogP contribution < -0.4 is 0 Å². The zero-order valence-electron chi connectivity index (χ0n) is 8.63. The summed E-state index contributed by atoms with van der Waals surface area (Å²) in [7, 11) is 0. The molecule has 0 radical (unpaired) electrons. The molecule has 2 rings (SSSR count). The maximum Gasteiger partial charge on any atom is 0.250 e. The lowest BCUT2D eigenvalue weighted by atomic mass is 10.1.